The molecular weight excluding hydrogens is 358 g/mol. The highest BCUT2D eigenvalue weighted by atomic mass is 16.3. The Hall–Kier alpha value is -3.87. The molecule has 0 aliphatic rings. The Labute approximate surface area is 161 Å². The lowest BCUT2D eigenvalue weighted by atomic mass is 10.0. The lowest BCUT2D eigenvalue weighted by Crippen LogP contribution is -2.43. The number of benzene rings is 2. The molecule has 3 rings (SSSR count). The summed E-state index contributed by atoms with van der Waals surface area (Å²) in [6.45, 7) is 0. The Morgan fingerprint density at radius 3 is 2.11 bits per heavy atom. The molecular formula is C21H19N3O4. The summed E-state index contributed by atoms with van der Waals surface area (Å²) in [5.74, 6) is -1.23. The molecule has 1 atom stereocenters. The Morgan fingerprint density at radius 1 is 0.786 bits per heavy atom. The number of amides is 3. The first-order chi connectivity index (χ1) is 13.6. The van der Waals surface area contributed by atoms with Crippen LogP contribution in [0.15, 0.2) is 83.5 Å². The van der Waals surface area contributed by atoms with Crippen LogP contribution in [0.2, 0.25) is 0 Å². The van der Waals surface area contributed by atoms with E-state index in [0.717, 1.165) is 5.56 Å². The quantitative estimate of drug-likeness (QED) is 0.575. The van der Waals surface area contributed by atoms with Gasteiger partial charge in [-0.3, -0.25) is 25.2 Å². The maximum Gasteiger partial charge on any atom is 0.305 e. The molecule has 0 unspecified atom stereocenters. The van der Waals surface area contributed by atoms with E-state index in [1.54, 1.807) is 30.3 Å². The van der Waals surface area contributed by atoms with E-state index >= 15 is 0 Å². The molecule has 0 radical (unpaired) electrons. The van der Waals surface area contributed by atoms with Crippen molar-refractivity contribution in [2.75, 3.05) is 0 Å². The topological polar surface area (TPSA) is 100 Å². The third kappa shape index (κ3) is 5.07. The van der Waals surface area contributed by atoms with Crippen LogP contribution in [0.5, 0.6) is 0 Å². The number of hydrazine groups is 1. The SMILES string of the molecule is O=C(C[C@@H](NC(=O)c1ccccc1)c1ccccc1)NNC(=O)c1ccco1. The molecule has 2 aromatic carbocycles. The molecule has 0 spiro atoms. The van der Waals surface area contributed by atoms with Crippen molar-refractivity contribution >= 4 is 17.7 Å². The molecule has 0 aliphatic carbocycles. The summed E-state index contributed by atoms with van der Waals surface area (Å²) in [5, 5.41) is 2.86. The Balaban J connectivity index is 1.64. The molecule has 1 heterocycles. The molecule has 28 heavy (non-hydrogen) atoms. The minimum atomic E-state index is -0.567. The van der Waals surface area contributed by atoms with E-state index in [1.165, 1.54) is 12.3 Å². The van der Waals surface area contributed by atoms with Gasteiger partial charge >= 0.3 is 5.91 Å². The van der Waals surface area contributed by atoms with Gasteiger partial charge in [0, 0.05) is 5.56 Å². The van der Waals surface area contributed by atoms with Crippen molar-refractivity contribution in [3.63, 3.8) is 0 Å². The first-order valence-corrected chi connectivity index (χ1v) is 8.67. The third-order valence-electron chi connectivity index (χ3n) is 3.99. The Kier molecular flexibility index (Phi) is 6.20. The van der Waals surface area contributed by atoms with E-state index in [2.05, 4.69) is 16.2 Å². The highest BCUT2D eigenvalue weighted by Gasteiger charge is 2.20. The second-order valence-electron chi connectivity index (χ2n) is 5.99. The second-order valence-corrected chi connectivity index (χ2v) is 5.99. The van der Waals surface area contributed by atoms with Crippen molar-refractivity contribution in [3.8, 4) is 0 Å². The number of carbonyl (C=O) groups is 3. The molecule has 3 aromatic rings. The number of nitrogens with one attached hydrogen (secondary N) is 3. The lowest BCUT2D eigenvalue weighted by Gasteiger charge is -2.19. The maximum absolute atomic E-state index is 12.5. The summed E-state index contributed by atoms with van der Waals surface area (Å²) in [7, 11) is 0. The van der Waals surface area contributed by atoms with Crippen LogP contribution < -0.4 is 16.2 Å². The average molecular weight is 377 g/mol. The van der Waals surface area contributed by atoms with E-state index in [9.17, 15) is 14.4 Å². The largest absolute Gasteiger partial charge is 0.459 e. The van der Waals surface area contributed by atoms with Gasteiger partial charge in [0.15, 0.2) is 5.76 Å². The first-order valence-electron chi connectivity index (χ1n) is 8.67. The molecule has 3 amide bonds. The van der Waals surface area contributed by atoms with E-state index in [0.29, 0.717) is 5.56 Å². The van der Waals surface area contributed by atoms with E-state index in [-0.39, 0.29) is 18.1 Å². The highest BCUT2D eigenvalue weighted by Crippen LogP contribution is 2.17. The van der Waals surface area contributed by atoms with Crippen LogP contribution >= 0.6 is 0 Å². The van der Waals surface area contributed by atoms with Crippen LogP contribution in [-0.4, -0.2) is 17.7 Å². The van der Waals surface area contributed by atoms with Gasteiger partial charge in [0.2, 0.25) is 5.91 Å². The van der Waals surface area contributed by atoms with Gasteiger partial charge in [0.05, 0.1) is 18.7 Å². The predicted molar refractivity (Wildman–Crippen MR) is 102 cm³/mol. The minimum Gasteiger partial charge on any atom is -0.459 e. The van der Waals surface area contributed by atoms with Gasteiger partial charge in [-0.1, -0.05) is 48.5 Å². The van der Waals surface area contributed by atoms with Gasteiger partial charge in [0.1, 0.15) is 0 Å². The lowest BCUT2D eigenvalue weighted by molar-refractivity contribution is -0.122. The van der Waals surface area contributed by atoms with Gasteiger partial charge in [-0.2, -0.15) is 0 Å². The molecule has 142 valence electrons. The van der Waals surface area contributed by atoms with Crippen LogP contribution in [0.1, 0.15) is 38.9 Å². The van der Waals surface area contributed by atoms with E-state index in [4.69, 9.17) is 4.42 Å². The van der Waals surface area contributed by atoms with Crippen LogP contribution in [0, 0.1) is 0 Å². The summed E-state index contributed by atoms with van der Waals surface area (Å²) >= 11 is 0. The molecule has 7 nitrogen and oxygen atoms in total. The fourth-order valence-corrected chi connectivity index (χ4v) is 2.60. The number of furan rings is 1. The highest BCUT2D eigenvalue weighted by molar-refractivity contribution is 5.95. The zero-order valence-electron chi connectivity index (χ0n) is 14.9. The number of hydrogen-bond donors (Lipinski definition) is 3. The third-order valence-corrected chi connectivity index (χ3v) is 3.99. The molecule has 0 fully saturated rings. The monoisotopic (exact) mass is 377 g/mol. The van der Waals surface area contributed by atoms with Crippen molar-refractivity contribution < 1.29 is 18.8 Å². The number of carbonyl (C=O) groups excluding carboxylic acids is 3. The smallest absolute Gasteiger partial charge is 0.305 e. The molecule has 0 saturated heterocycles. The standard InChI is InChI=1S/C21H19N3O4/c25-19(23-24-21(27)18-12-7-13-28-18)14-17(15-8-3-1-4-9-15)22-20(26)16-10-5-2-6-11-16/h1-13,17H,14H2,(H,22,26)(H,23,25)(H,24,27)/t17-/m1/s1. The van der Waals surface area contributed by atoms with Gasteiger partial charge in [-0.15, -0.1) is 0 Å². The second kappa shape index (κ2) is 9.18. The van der Waals surface area contributed by atoms with Crippen molar-refractivity contribution in [3.05, 3.63) is 95.9 Å². The predicted octanol–water partition coefficient (Wildman–Crippen LogP) is 2.60. The average Bonchev–Trinajstić information content (AvgIpc) is 3.28. The summed E-state index contributed by atoms with van der Waals surface area (Å²) in [6, 6.07) is 20.4. The van der Waals surface area contributed by atoms with Crippen LogP contribution in [0.4, 0.5) is 0 Å². The Morgan fingerprint density at radius 2 is 1.46 bits per heavy atom. The van der Waals surface area contributed by atoms with Crippen LogP contribution in [0.25, 0.3) is 0 Å². The molecule has 0 saturated carbocycles. The zero-order chi connectivity index (χ0) is 19.8. The van der Waals surface area contributed by atoms with Crippen molar-refractivity contribution in [1.29, 1.82) is 0 Å². The van der Waals surface area contributed by atoms with Crippen molar-refractivity contribution in [2.45, 2.75) is 12.5 Å². The summed E-state index contributed by atoms with van der Waals surface area (Å²) < 4.78 is 4.96. The van der Waals surface area contributed by atoms with Crippen molar-refractivity contribution in [1.82, 2.24) is 16.2 Å². The summed E-state index contributed by atoms with van der Waals surface area (Å²) in [5.41, 5.74) is 5.89. The van der Waals surface area contributed by atoms with Gasteiger partial charge in [0.25, 0.3) is 5.91 Å². The number of hydrogen-bond acceptors (Lipinski definition) is 4. The van der Waals surface area contributed by atoms with E-state index in [1.807, 2.05) is 36.4 Å². The normalized spacial score (nSPS) is 11.3. The molecule has 0 aliphatic heterocycles. The summed E-state index contributed by atoms with van der Waals surface area (Å²) in [4.78, 5) is 36.7. The first kappa shape index (κ1) is 18.9. The summed E-state index contributed by atoms with van der Waals surface area (Å²) in [6.07, 6.45) is 1.31. The van der Waals surface area contributed by atoms with Crippen molar-refractivity contribution in [2.24, 2.45) is 0 Å². The number of rotatable bonds is 6. The molecule has 0 bridgehead atoms. The van der Waals surface area contributed by atoms with Gasteiger partial charge in [-0.25, -0.2) is 0 Å². The maximum atomic E-state index is 12.5. The molecule has 3 N–H and O–H groups in total. The zero-order valence-corrected chi connectivity index (χ0v) is 14.9. The van der Waals surface area contributed by atoms with Gasteiger partial charge in [-0.05, 0) is 29.8 Å². The van der Waals surface area contributed by atoms with E-state index < -0.39 is 17.9 Å². The Bertz CT molecular complexity index is 925. The molecule has 7 heteroatoms. The van der Waals surface area contributed by atoms with Crippen LogP contribution in [0.3, 0.4) is 0 Å². The van der Waals surface area contributed by atoms with Crippen LogP contribution in [-0.2, 0) is 4.79 Å². The molecule has 1 aromatic heterocycles. The minimum absolute atomic E-state index is 0.0545. The fourth-order valence-electron chi connectivity index (χ4n) is 2.60. The van der Waals surface area contributed by atoms with Gasteiger partial charge < -0.3 is 9.73 Å². The fraction of sp³-hybridized carbons (Fsp3) is 0.0952.